The zero-order valence-corrected chi connectivity index (χ0v) is 9.17. The highest BCUT2D eigenvalue weighted by atomic mass is 16.6. The highest BCUT2D eigenvalue weighted by Crippen LogP contribution is 2.21. The molecule has 0 spiro atoms. The summed E-state index contributed by atoms with van der Waals surface area (Å²) in [6, 6.07) is 4.38. The molecular weight excluding hydrogens is 226 g/mol. The van der Waals surface area contributed by atoms with Crippen molar-refractivity contribution in [1.82, 2.24) is 0 Å². The van der Waals surface area contributed by atoms with Gasteiger partial charge < -0.3 is 5.11 Å². The largest absolute Gasteiger partial charge is 0.475 e. The van der Waals surface area contributed by atoms with Crippen LogP contribution in [0.25, 0.3) is 0 Å². The van der Waals surface area contributed by atoms with Crippen LogP contribution in [0.3, 0.4) is 0 Å². The first-order chi connectivity index (χ1) is 7.95. The lowest BCUT2D eigenvalue weighted by Crippen LogP contribution is -2.16. The van der Waals surface area contributed by atoms with E-state index in [0.29, 0.717) is 6.42 Å². The van der Waals surface area contributed by atoms with Crippen LogP contribution in [0.2, 0.25) is 0 Å². The number of carbonyl (C=O) groups is 2. The van der Waals surface area contributed by atoms with Gasteiger partial charge in [0.1, 0.15) is 0 Å². The Kier molecular flexibility index (Phi) is 3.92. The van der Waals surface area contributed by atoms with E-state index in [2.05, 4.69) is 0 Å². The van der Waals surface area contributed by atoms with Crippen LogP contribution in [-0.2, 0) is 22.4 Å². The molecule has 0 radical (unpaired) electrons. The van der Waals surface area contributed by atoms with E-state index in [-0.39, 0.29) is 11.3 Å². The van der Waals surface area contributed by atoms with Crippen molar-refractivity contribution in [3.05, 3.63) is 39.4 Å². The van der Waals surface area contributed by atoms with Crippen molar-refractivity contribution in [2.45, 2.75) is 19.8 Å². The van der Waals surface area contributed by atoms with Gasteiger partial charge in [0.05, 0.1) is 4.92 Å². The van der Waals surface area contributed by atoms with E-state index in [1.54, 1.807) is 6.07 Å². The van der Waals surface area contributed by atoms with Crippen LogP contribution < -0.4 is 0 Å². The fraction of sp³-hybridized carbons (Fsp3) is 0.273. The highest BCUT2D eigenvalue weighted by molar-refractivity contribution is 6.33. The normalized spacial score (nSPS) is 9.94. The smallest absolute Gasteiger partial charge is 0.372 e. The first kappa shape index (κ1) is 12.8. The third-order valence-corrected chi connectivity index (χ3v) is 2.34. The summed E-state index contributed by atoms with van der Waals surface area (Å²) in [6.07, 6.45) is 0.200. The summed E-state index contributed by atoms with van der Waals surface area (Å²) in [4.78, 5) is 31.6. The van der Waals surface area contributed by atoms with E-state index >= 15 is 0 Å². The quantitative estimate of drug-likeness (QED) is 0.473. The maximum Gasteiger partial charge on any atom is 0.372 e. The molecule has 0 aliphatic carbocycles. The molecule has 0 saturated heterocycles. The topological polar surface area (TPSA) is 97.5 Å². The zero-order valence-electron chi connectivity index (χ0n) is 9.17. The Balaban J connectivity index is 3.13. The van der Waals surface area contributed by atoms with Gasteiger partial charge in [0.15, 0.2) is 0 Å². The van der Waals surface area contributed by atoms with Crippen LogP contribution in [0.5, 0.6) is 0 Å². The molecule has 1 aromatic rings. The maximum atomic E-state index is 11.1. The number of Topliss-reactive ketones (excluding diaryl/α,β-unsaturated/α-hetero) is 1. The summed E-state index contributed by atoms with van der Waals surface area (Å²) < 4.78 is 0. The predicted molar refractivity (Wildman–Crippen MR) is 58.8 cm³/mol. The van der Waals surface area contributed by atoms with E-state index in [1.165, 1.54) is 12.1 Å². The van der Waals surface area contributed by atoms with Crippen LogP contribution >= 0.6 is 0 Å². The third kappa shape index (κ3) is 3.10. The molecule has 1 N–H and O–H groups in total. The SMILES string of the molecule is CCc1ccc([N+](=O)[O-])c(CC(=O)C(=O)O)c1. The van der Waals surface area contributed by atoms with Crippen molar-refractivity contribution in [2.24, 2.45) is 0 Å². The number of nitro benzene ring substituents is 1. The zero-order chi connectivity index (χ0) is 13.0. The van der Waals surface area contributed by atoms with Crippen LogP contribution in [0, 0.1) is 10.1 Å². The maximum absolute atomic E-state index is 11.1. The van der Waals surface area contributed by atoms with Crippen LogP contribution in [0.4, 0.5) is 5.69 Å². The molecule has 0 atom stereocenters. The summed E-state index contributed by atoms with van der Waals surface area (Å²) in [6.45, 7) is 1.87. The first-order valence-corrected chi connectivity index (χ1v) is 4.98. The Morgan fingerprint density at radius 1 is 1.41 bits per heavy atom. The number of rotatable bonds is 5. The lowest BCUT2D eigenvalue weighted by Gasteiger charge is -2.03. The van der Waals surface area contributed by atoms with Gasteiger partial charge in [-0.3, -0.25) is 14.9 Å². The molecule has 0 aliphatic rings. The lowest BCUT2D eigenvalue weighted by atomic mass is 10.0. The van der Waals surface area contributed by atoms with Crippen molar-refractivity contribution in [2.75, 3.05) is 0 Å². The number of aryl methyl sites for hydroxylation is 1. The average Bonchev–Trinajstić information content (AvgIpc) is 2.28. The number of benzene rings is 1. The van der Waals surface area contributed by atoms with Gasteiger partial charge in [-0.25, -0.2) is 4.79 Å². The van der Waals surface area contributed by atoms with Gasteiger partial charge in [0.25, 0.3) is 5.69 Å². The fourth-order valence-electron chi connectivity index (χ4n) is 1.43. The summed E-state index contributed by atoms with van der Waals surface area (Å²) in [7, 11) is 0. The monoisotopic (exact) mass is 237 g/mol. The number of carboxylic acids is 1. The Bertz CT molecular complexity index is 481. The molecule has 90 valence electrons. The molecule has 17 heavy (non-hydrogen) atoms. The van der Waals surface area contributed by atoms with Crippen LogP contribution in [0.1, 0.15) is 18.1 Å². The molecular formula is C11H11NO5. The Labute approximate surface area is 97.0 Å². The molecule has 0 fully saturated rings. The number of hydrogen-bond donors (Lipinski definition) is 1. The standard InChI is InChI=1S/C11H11NO5/c1-2-7-3-4-9(12(16)17)8(5-7)6-10(13)11(14)15/h3-5H,2,6H2,1H3,(H,14,15). The van der Waals surface area contributed by atoms with E-state index in [4.69, 9.17) is 5.11 Å². The van der Waals surface area contributed by atoms with E-state index in [1.807, 2.05) is 6.92 Å². The molecule has 0 aromatic heterocycles. The lowest BCUT2D eigenvalue weighted by molar-refractivity contribution is -0.385. The molecule has 1 rings (SSSR count). The molecule has 6 nitrogen and oxygen atoms in total. The molecule has 1 aromatic carbocycles. The summed E-state index contributed by atoms with van der Waals surface area (Å²) in [5, 5.41) is 19.2. The predicted octanol–water partition coefficient (Wildman–Crippen LogP) is 1.35. The summed E-state index contributed by atoms with van der Waals surface area (Å²) >= 11 is 0. The average molecular weight is 237 g/mol. The van der Waals surface area contributed by atoms with Gasteiger partial charge in [-0.15, -0.1) is 0 Å². The molecule has 6 heteroatoms. The first-order valence-electron chi connectivity index (χ1n) is 4.98. The highest BCUT2D eigenvalue weighted by Gasteiger charge is 2.20. The Morgan fingerprint density at radius 2 is 2.06 bits per heavy atom. The van der Waals surface area contributed by atoms with Crippen molar-refractivity contribution < 1.29 is 19.6 Å². The third-order valence-electron chi connectivity index (χ3n) is 2.34. The number of ketones is 1. The molecule has 0 bridgehead atoms. The fourth-order valence-corrected chi connectivity index (χ4v) is 1.43. The number of carbonyl (C=O) groups excluding carboxylic acids is 1. The second kappa shape index (κ2) is 5.20. The van der Waals surface area contributed by atoms with E-state index in [0.717, 1.165) is 5.56 Å². The number of aliphatic carboxylic acids is 1. The summed E-state index contributed by atoms with van der Waals surface area (Å²) in [5.41, 5.74) is 0.738. The van der Waals surface area contributed by atoms with Crippen molar-refractivity contribution >= 4 is 17.4 Å². The van der Waals surface area contributed by atoms with Gasteiger partial charge >= 0.3 is 5.97 Å². The molecule has 0 heterocycles. The molecule has 0 aliphatic heterocycles. The molecule has 0 saturated carbocycles. The van der Waals surface area contributed by atoms with Gasteiger partial charge in [-0.2, -0.15) is 0 Å². The van der Waals surface area contributed by atoms with E-state index in [9.17, 15) is 19.7 Å². The number of nitro groups is 1. The van der Waals surface area contributed by atoms with E-state index < -0.39 is 23.1 Å². The van der Waals surface area contributed by atoms with Gasteiger partial charge in [-0.1, -0.05) is 13.0 Å². The Hall–Kier alpha value is -2.24. The van der Waals surface area contributed by atoms with Crippen molar-refractivity contribution in [1.29, 1.82) is 0 Å². The minimum absolute atomic E-state index is 0.141. The van der Waals surface area contributed by atoms with Crippen molar-refractivity contribution in [3.63, 3.8) is 0 Å². The van der Waals surface area contributed by atoms with Gasteiger partial charge in [-0.05, 0) is 18.1 Å². The number of hydrogen-bond acceptors (Lipinski definition) is 4. The van der Waals surface area contributed by atoms with Crippen molar-refractivity contribution in [3.8, 4) is 0 Å². The summed E-state index contributed by atoms with van der Waals surface area (Å²) in [5.74, 6) is -2.64. The number of carboxylic acid groups (broad SMARTS) is 1. The second-order valence-electron chi connectivity index (χ2n) is 3.48. The van der Waals surface area contributed by atoms with Gasteiger partial charge in [0, 0.05) is 18.1 Å². The van der Waals surface area contributed by atoms with Gasteiger partial charge in [0.2, 0.25) is 5.78 Å². The number of nitrogens with zero attached hydrogens (tertiary/aromatic N) is 1. The minimum atomic E-state index is -1.58. The second-order valence-corrected chi connectivity index (χ2v) is 3.48. The van der Waals surface area contributed by atoms with Crippen LogP contribution in [0.15, 0.2) is 18.2 Å². The molecule has 0 amide bonds. The molecule has 0 unspecified atom stereocenters. The Morgan fingerprint density at radius 3 is 2.53 bits per heavy atom. The minimum Gasteiger partial charge on any atom is -0.475 e. The van der Waals surface area contributed by atoms with Crippen LogP contribution in [-0.4, -0.2) is 21.8 Å².